The largest absolute Gasteiger partial charge is 0.354 e. The fraction of sp³-hybridized carbons (Fsp3) is 0.917. The summed E-state index contributed by atoms with van der Waals surface area (Å²) in [5.41, 5.74) is -0.450. The van der Waals surface area contributed by atoms with E-state index < -0.39 is 15.4 Å². The van der Waals surface area contributed by atoms with Crippen LogP contribution in [0.1, 0.15) is 34.6 Å². The van der Waals surface area contributed by atoms with Crippen LogP contribution in [0, 0.1) is 11.3 Å². The molecule has 0 unspecified atom stereocenters. The lowest BCUT2D eigenvalue weighted by atomic mass is 9.96. The summed E-state index contributed by atoms with van der Waals surface area (Å²) in [7, 11) is -3.21. The molecule has 0 aliphatic carbocycles. The molecule has 0 aliphatic heterocycles. The molecule has 0 rings (SSSR count). The van der Waals surface area contributed by atoms with E-state index in [4.69, 9.17) is 0 Å². The number of sulfonamides is 1. The predicted molar refractivity (Wildman–Crippen MR) is 73.7 cm³/mol. The van der Waals surface area contributed by atoms with Crippen LogP contribution < -0.4 is 5.32 Å². The van der Waals surface area contributed by atoms with E-state index in [0.29, 0.717) is 19.6 Å². The van der Waals surface area contributed by atoms with Gasteiger partial charge in [-0.3, -0.25) is 4.79 Å². The molecule has 1 amide bonds. The molecular weight excluding hydrogens is 252 g/mol. The first kappa shape index (κ1) is 17.4. The molecular formula is C12H26N2O3S. The Morgan fingerprint density at radius 2 is 1.78 bits per heavy atom. The molecule has 0 bridgehead atoms. The van der Waals surface area contributed by atoms with Crippen molar-refractivity contribution in [1.82, 2.24) is 9.62 Å². The van der Waals surface area contributed by atoms with E-state index in [0.717, 1.165) is 0 Å². The van der Waals surface area contributed by atoms with Gasteiger partial charge in [0.15, 0.2) is 0 Å². The standard InChI is InChI=1S/C12H26N2O3S/c1-10(2)9-14(18(6,16)17)8-7-13-11(15)12(3,4)5/h10H,7-9H2,1-6H3,(H,13,15). The number of nitrogens with one attached hydrogen (secondary N) is 1. The monoisotopic (exact) mass is 278 g/mol. The van der Waals surface area contributed by atoms with E-state index in [1.807, 2.05) is 34.6 Å². The van der Waals surface area contributed by atoms with Crippen LogP contribution in [0.3, 0.4) is 0 Å². The van der Waals surface area contributed by atoms with Crippen LogP contribution in [-0.2, 0) is 14.8 Å². The Morgan fingerprint density at radius 1 is 1.28 bits per heavy atom. The summed E-state index contributed by atoms with van der Waals surface area (Å²) in [6.07, 6.45) is 1.20. The van der Waals surface area contributed by atoms with Crippen molar-refractivity contribution >= 4 is 15.9 Å². The van der Waals surface area contributed by atoms with Crippen LogP contribution >= 0.6 is 0 Å². The average molecular weight is 278 g/mol. The number of carbonyl (C=O) groups is 1. The molecule has 0 radical (unpaired) electrons. The zero-order chi connectivity index (χ0) is 14.6. The Hall–Kier alpha value is -0.620. The maximum atomic E-state index is 11.6. The molecule has 0 saturated carbocycles. The van der Waals surface area contributed by atoms with Gasteiger partial charge in [-0.2, -0.15) is 0 Å². The van der Waals surface area contributed by atoms with Gasteiger partial charge in [0.25, 0.3) is 0 Å². The predicted octanol–water partition coefficient (Wildman–Crippen LogP) is 1.07. The first-order chi connectivity index (χ1) is 7.94. The molecule has 0 heterocycles. The molecule has 0 fully saturated rings. The van der Waals surface area contributed by atoms with Gasteiger partial charge in [0.05, 0.1) is 6.26 Å². The number of hydrogen-bond acceptors (Lipinski definition) is 3. The Bertz CT molecular complexity index is 369. The minimum absolute atomic E-state index is 0.0690. The molecule has 0 saturated heterocycles. The number of rotatable bonds is 6. The molecule has 0 spiro atoms. The van der Waals surface area contributed by atoms with E-state index in [2.05, 4.69) is 5.32 Å². The fourth-order valence-corrected chi connectivity index (χ4v) is 2.35. The highest BCUT2D eigenvalue weighted by Crippen LogP contribution is 2.12. The average Bonchev–Trinajstić information content (AvgIpc) is 2.12. The molecule has 0 aliphatic rings. The third kappa shape index (κ3) is 6.96. The molecule has 1 N–H and O–H groups in total. The van der Waals surface area contributed by atoms with Gasteiger partial charge in [0.1, 0.15) is 0 Å². The maximum Gasteiger partial charge on any atom is 0.225 e. The summed E-state index contributed by atoms with van der Waals surface area (Å²) in [6.45, 7) is 10.5. The van der Waals surface area contributed by atoms with Crippen molar-refractivity contribution in [3.8, 4) is 0 Å². The lowest BCUT2D eigenvalue weighted by Crippen LogP contribution is -2.42. The summed E-state index contributed by atoms with van der Waals surface area (Å²) in [5.74, 6) is 0.193. The third-order valence-electron chi connectivity index (χ3n) is 2.37. The van der Waals surface area contributed by atoms with Crippen LogP contribution in [0.15, 0.2) is 0 Å². The van der Waals surface area contributed by atoms with Gasteiger partial charge < -0.3 is 5.32 Å². The minimum Gasteiger partial charge on any atom is -0.354 e. The number of hydrogen-bond donors (Lipinski definition) is 1. The van der Waals surface area contributed by atoms with Crippen molar-refractivity contribution < 1.29 is 13.2 Å². The Kier molecular flexibility index (Phi) is 6.29. The summed E-state index contributed by atoms with van der Waals surface area (Å²) in [4.78, 5) is 11.6. The summed E-state index contributed by atoms with van der Waals surface area (Å²) in [5, 5.41) is 2.75. The minimum atomic E-state index is -3.21. The quantitative estimate of drug-likeness (QED) is 0.790. The molecule has 0 aromatic heterocycles. The molecule has 0 aromatic rings. The highest BCUT2D eigenvalue weighted by atomic mass is 32.2. The van der Waals surface area contributed by atoms with E-state index in [-0.39, 0.29) is 11.8 Å². The first-order valence-electron chi connectivity index (χ1n) is 6.18. The molecule has 0 atom stereocenters. The maximum absolute atomic E-state index is 11.6. The smallest absolute Gasteiger partial charge is 0.225 e. The van der Waals surface area contributed by atoms with Crippen LogP contribution in [0.4, 0.5) is 0 Å². The molecule has 6 heteroatoms. The highest BCUT2D eigenvalue weighted by molar-refractivity contribution is 7.88. The molecule has 108 valence electrons. The van der Waals surface area contributed by atoms with Gasteiger partial charge in [-0.15, -0.1) is 0 Å². The van der Waals surface area contributed by atoms with Gasteiger partial charge >= 0.3 is 0 Å². The second-order valence-corrected chi connectivity index (χ2v) is 8.00. The Morgan fingerprint density at radius 3 is 2.11 bits per heavy atom. The Balaban J connectivity index is 4.35. The van der Waals surface area contributed by atoms with Crippen molar-refractivity contribution in [3.05, 3.63) is 0 Å². The van der Waals surface area contributed by atoms with Crippen molar-refractivity contribution in [3.63, 3.8) is 0 Å². The highest BCUT2D eigenvalue weighted by Gasteiger charge is 2.22. The second kappa shape index (κ2) is 6.52. The third-order valence-corrected chi connectivity index (χ3v) is 3.64. The van der Waals surface area contributed by atoms with E-state index in [1.165, 1.54) is 10.6 Å². The van der Waals surface area contributed by atoms with Crippen LogP contribution in [0.25, 0.3) is 0 Å². The van der Waals surface area contributed by atoms with Crippen LogP contribution in [0.5, 0.6) is 0 Å². The van der Waals surface area contributed by atoms with E-state index in [9.17, 15) is 13.2 Å². The normalized spacial score (nSPS) is 13.1. The zero-order valence-electron chi connectivity index (χ0n) is 12.3. The van der Waals surface area contributed by atoms with Gasteiger partial charge in [-0.25, -0.2) is 12.7 Å². The van der Waals surface area contributed by atoms with Gasteiger partial charge in [-0.05, 0) is 5.92 Å². The number of nitrogens with zero attached hydrogens (tertiary/aromatic N) is 1. The zero-order valence-corrected chi connectivity index (χ0v) is 13.1. The van der Waals surface area contributed by atoms with Crippen molar-refractivity contribution in [2.24, 2.45) is 11.3 Å². The first-order valence-corrected chi connectivity index (χ1v) is 8.03. The van der Waals surface area contributed by atoms with Gasteiger partial charge in [-0.1, -0.05) is 34.6 Å². The summed E-state index contributed by atoms with van der Waals surface area (Å²) in [6, 6.07) is 0. The number of amides is 1. The molecule has 18 heavy (non-hydrogen) atoms. The Labute approximate surface area is 111 Å². The molecule has 5 nitrogen and oxygen atoms in total. The van der Waals surface area contributed by atoms with Crippen molar-refractivity contribution in [2.45, 2.75) is 34.6 Å². The summed E-state index contributed by atoms with van der Waals surface area (Å²) >= 11 is 0. The number of carbonyl (C=O) groups excluding carboxylic acids is 1. The molecule has 0 aromatic carbocycles. The van der Waals surface area contributed by atoms with Crippen molar-refractivity contribution in [1.29, 1.82) is 0 Å². The van der Waals surface area contributed by atoms with Crippen LogP contribution in [-0.4, -0.2) is 44.5 Å². The van der Waals surface area contributed by atoms with E-state index >= 15 is 0 Å². The van der Waals surface area contributed by atoms with E-state index in [1.54, 1.807) is 0 Å². The van der Waals surface area contributed by atoms with Crippen LogP contribution in [0.2, 0.25) is 0 Å². The fourth-order valence-electron chi connectivity index (χ4n) is 1.36. The lowest BCUT2D eigenvalue weighted by molar-refractivity contribution is -0.128. The summed E-state index contributed by atoms with van der Waals surface area (Å²) < 4.78 is 24.5. The lowest BCUT2D eigenvalue weighted by Gasteiger charge is -2.23. The topological polar surface area (TPSA) is 66.5 Å². The van der Waals surface area contributed by atoms with Crippen molar-refractivity contribution in [2.75, 3.05) is 25.9 Å². The second-order valence-electron chi connectivity index (χ2n) is 6.02. The van der Waals surface area contributed by atoms with Gasteiger partial charge in [0.2, 0.25) is 15.9 Å². The van der Waals surface area contributed by atoms with Gasteiger partial charge in [0, 0.05) is 25.0 Å². The SMILES string of the molecule is CC(C)CN(CCNC(=O)C(C)(C)C)S(C)(=O)=O.